The second-order valence-corrected chi connectivity index (χ2v) is 4.29. The van der Waals surface area contributed by atoms with Crippen molar-refractivity contribution in [3.05, 3.63) is 59.4 Å². The second kappa shape index (κ2) is 6.76. The van der Waals surface area contributed by atoms with Crippen LogP contribution >= 0.6 is 0 Å². The number of carbonyl (C=O) groups is 1. The summed E-state index contributed by atoms with van der Waals surface area (Å²) >= 11 is 0. The van der Waals surface area contributed by atoms with Gasteiger partial charge in [0.15, 0.2) is 11.6 Å². The highest BCUT2D eigenvalue weighted by atomic mass is 19.1. The topological polar surface area (TPSA) is 80.0 Å². The molecular formula is C14H14F2N4O. The third-order valence-electron chi connectivity index (χ3n) is 2.84. The number of nitrogen functional groups attached to an aromatic ring is 1. The predicted molar refractivity (Wildman–Crippen MR) is 74.4 cm³/mol. The van der Waals surface area contributed by atoms with Crippen LogP contribution in [0.1, 0.15) is 16.1 Å². The molecular weight excluding hydrogens is 278 g/mol. The molecule has 0 radical (unpaired) electrons. The van der Waals surface area contributed by atoms with Crippen LogP contribution in [0.25, 0.3) is 0 Å². The summed E-state index contributed by atoms with van der Waals surface area (Å²) in [7, 11) is 0. The minimum Gasteiger partial charge on any atom is -0.352 e. The van der Waals surface area contributed by atoms with Crippen molar-refractivity contribution in [1.82, 2.24) is 10.3 Å². The Bertz CT molecular complexity index is 611. The molecule has 1 amide bonds. The fraction of sp³-hybridized carbons (Fsp3) is 0.143. The number of amides is 1. The Morgan fingerprint density at radius 1 is 1.24 bits per heavy atom. The number of halogens is 2. The van der Waals surface area contributed by atoms with Gasteiger partial charge in [-0.05, 0) is 24.3 Å². The highest BCUT2D eigenvalue weighted by Gasteiger charge is 2.14. The first-order chi connectivity index (χ1) is 10.1. The maximum absolute atomic E-state index is 13.5. The number of hydrogen-bond acceptors (Lipinski definition) is 4. The lowest BCUT2D eigenvalue weighted by Crippen LogP contribution is -2.26. The highest BCUT2D eigenvalue weighted by molar-refractivity contribution is 5.94. The van der Waals surface area contributed by atoms with Gasteiger partial charge in [-0.2, -0.15) is 0 Å². The number of carbonyl (C=O) groups excluding carboxylic acids is 1. The van der Waals surface area contributed by atoms with E-state index in [9.17, 15) is 13.6 Å². The normalized spacial score (nSPS) is 10.2. The minimum atomic E-state index is -0.924. The van der Waals surface area contributed by atoms with Gasteiger partial charge in [-0.15, -0.1) is 0 Å². The van der Waals surface area contributed by atoms with Crippen LogP contribution in [0.4, 0.5) is 14.5 Å². The first kappa shape index (κ1) is 14.9. The van der Waals surface area contributed by atoms with Gasteiger partial charge in [0, 0.05) is 30.4 Å². The fourth-order valence-electron chi connectivity index (χ4n) is 1.79. The van der Waals surface area contributed by atoms with E-state index in [0.717, 1.165) is 17.8 Å². The molecule has 0 aliphatic heterocycles. The Morgan fingerprint density at radius 3 is 2.52 bits per heavy atom. The summed E-state index contributed by atoms with van der Waals surface area (Å²) in [6.45, 7) is 0.315. The van der Waals surface area contributed by atoms with Gasteiger partial charge in [-0.1, -0.05) is 6.07 Å². The Labute approximate surface area is 120 Å². The van der Waals surface area contributed by atoms with Crippen LogP contribution in [0.15, 0.2) is 36.5 Å². The van der Waals surface area contributed by atoms with Crippen LogP contribution in [0.5, 0.6) is 0 Å². The zero-order valence-electron chi connectivity index (χ0n) is 11.1. The van der Waals surface area contributed by atoms with E-state index in [4.69, 9.17) is 5.84 Å². The van der Waals surface area contributed by atoms with E-state index in [-0.39, 0.29) is 5.56 Å². The molecule has 21 heavy (non-hydrogen) atoms. The summed E-state index contributed by atoms with van der Waals surface area (Å²) in [5.41, 5.74) is 2.14. The number of benzene rings is 1. The van der Waals surface area contributed by atoms with Crippen molar-refractivity contribution in [2.45, 2.75) is 6.42 Å². The van der Waals surface area contributed by atoms with Crippen LogP contribution in [0.3, 0.4) is 0 Å². The van der Waals surface area contributed by atoms with E-state index in [1.54, 1.807) is 12.3 Å². The van der Waals surface area contributed by atoms with Crippen molar-refractivity contribution in [1.29, 1.82) is 0 Å². The van der Waals surface area contributed by atoms with Crippen LogP contribution in [-0.4, -0.2) is 17.4 Å². The van der Waals surface area contributed by atoms with Crippen molar-refractivity contribution in [3.8, 4) is 0 Å². The average Bonchev–Trinajstić information content (AvgIpc) is 2.48. The third-order valence-corrected chi connectivity index (χ3v) is 2.84. The monoisotopic (exact) mass is 292 g/mol. The molecule has 2 rings (SSSR count). The molecule has 4 N–H and O–H groups in total. The second-order valence-electron chi connectivity index (χ2n) is 4.29. The van der Waals surface area contributed by atoms with Gasteiger partial charge in [0.1, 0.15) is 5.69 Å². The van der Waals surface area contributed by atoms with E-state index >= 15 is 0 Å². The van der Waals surface area contributed by atoms with Crippen LogP contribution < -0.4 is 16.6 Å². The zero-order chi connectivity index (χ0) is 15.2. The molecule has 0 aliphatic rings. The lowest BCUT2D eigenvalue weighted by molar-refractivity contribution is 0.0953. The maximum Gasteiger partial charge on any atom is 0.251 e. The number of nitrogens with one attached hydrogen (secondary N) is 2. The smallest absolute Gasteiger partial charge is 0.251 e. The molecule has 0 bridgehead atoms. The van der Waals surface area contributed by atoms with Crippen LogP contribution in [0, 0.1) is 11.6 Å². The van der Waals surface area contributed by atoms with E-state index in [1.807, 2.05) is 17.6 Å². The molecule has 1 aromatic heterocycles. The molecule has 0 aliphatic carbocycles. The fourth-order valence-corrected chi connectivity index (χ4v) is 1.79. The first-order valence-electron chi connectivity index (χ1n) is 6.25. The number of anilines is 1. The largest absolute Gasteiger partial charge is 0.352 e. The summed E-state index contributed by atoms with van der Waals surface area (Å²) in [5.74, 6) is 2.57. The standard InChI is InChI=1S/C14H14F2N4O/c15-11-7-9(8-12(16)13(11)20-17)14(21)19-6-4-10-3-1-2-5-18-10/h1-3,5,7-8,20H,4,6,17H2,(H,19,21). The Balaban J connectivity index is 1.98. The lowest BCUT2D eigenvalue weighted by Gasteiger charge is -2.08. The molecule has 1 heterocycles. The molecule has 0 unspecified atom stereocenters. The molecule has 0 atom stereocenters. The summed E-state index contributed by atoms with van der Waals surface area (Å²) < 4.78 is 27.0. The third kappa shape index (κ3) is 3.73. The predicted octanol–water partition coefficient (Wildman–Crippen LogP) is 1.62. The maximum atomic E-state index is 13.5. The van der Waals surface area contributed by atoms with Gasteiger partial charge in [0.05, 0.1) is 0 Å². The van der Waals surface area contributed by atoms with Crippen molar-refractivity contribution < 1.29 is 13.6 Å². The number of pyridine rings is 1. The van der Waals surface area contributed by atoms with E-state index in [2.05, 4.69) is 10.3 Å². The minimum absolute atomic E-state index is 0.106. The molecule has 1 aromatic carbocycles. The number of hydrazine groups is 1. The molecule has 0 saturated carbocycles. The van der Waals surface area contributed by atoms with Gasteiger partial charge in [0.25, 0.3) is 5.91 Å². The zero-order valence-corrected chi connectivity index (χ0v) is 11.1. The van der Waals surface area contributed by atoms with Gasteiger partial charge < -0.3 is 10.7 Å². The van der Waals surface area contributed by atoms with Crippen molar-refractivity contribution in [2.75, 3.05) is 12.0 Å². The van der Waals surface area contributed by atoms with Gasteiger partial charge in [-0.3, -0.25) is 15.6 Å². The number of hydrogen-bond donors (Lipinski definition) is 3. The van der Waals surface area contributed by atoms with Crippen LogP contribution in [0.2, 0.25) is 0 Å². The van der Waals surface area contributed by atoms with Crippen molar-refractivity contribution >= 4 is 11.6 Å². The molecule has 5 nitrogen and oxygen atoms in total. The lowest BCUT2D eigenvalue weighted by atomic mass is 10.1. The molecule has 0 fully saturated rings. The summed E-state index contributed by atoms with van der Waals surface area (Å²) in [6, 6.07) is 7.31. The Kier molecular flexibility index (Phi) is 4.78. The number of aromatic nitrogens is 1. The first-order valence-corrected chi connectivity index (χ1v) is 6.25. The highest BCUT2D eigenvalue weighted by Crippen LogP contribution is 2.19. The quantitative estimate of drug-likeness (QED) is 0.578. The Morgan fingerprint density at radius 2 is 1.95 bits per heavy atom. The van der Waals surface area contributed by atoms with Gasteiger partial charge >= 0.3 is 0 Å². The summed E-state index contributed by atoms with van der Waals surface area (Å²) in [5, 5.41) is 2.58. The SMILES string of the molecule is NNc1c(F)cc(C(=O)NCCc2ccccn2)cc1F. The van der Waals surface area contributed by atoms with E-state index in [0.29, 0.717) is 13.0 Å². The molecule has 0 saturated heterocycles. The van der Waals surface area contributed by atoms with Crippen molar-refractivity contribution in [3.63, 3.8) is 0 Å². The Hall–Kier alpha value is -2.54. The van der Waals surface area contributed by atoms with Gasteiger partial charge in [0.2, 0.25) is 0 Å². The van der Waals surface area contributed by atoms with Gasteiger partial charge in [-0.25, -0.2) is 8.78 Å². The van der Waals surface area contributed by atoms with Crippen molar-refractivity contribution in [2.24, 2.45) is 5.84 Å². The summed E-state index contributed by atoms with van der Waals surface area (Å²) in [4.78, 5) is 15.9. The molecule has 0 spiro atoms. The average molecular weight is 292 g/mol. The molecule has 110 valence electrons. The number of nitrogens with two attached hydrogens (primary N) is 1. The van der Waals surface area contributed by atoms with E-state index < -0.39 is 23.2 Å². The number of nitrogens with zero attached hydrogens (tertiary/aromatic N) is 1. The molecule has 2 aromatic rings. The number of rotatable bonds is 5. The summed E-state index contributed by atoms with van der Waals surface area (Å²) in [6.07, 6.45) is 2.18. The van der Waals surface area contributed by atoms with E-state index in [1.165, 1.54) is 0 Å². The molecule has 7 heteroatoms. The van der Waals surface area contributed by atoms with Crippen LogP contribution in [-0.2, 0) is 6.42 Å².